The zero-order valence-electron chi connectivity index (χ0n) is 15.4. The second kappa shape index (κ2) is 6.54. The smallest absolute Gasteiger partial charge is 0.410 e. The molecule has 0 spiro atoms. The van der Waals surface area contributed by atoms with Crippen LogP contribution in [0, 0.1) is 6.92 Å². The van der Waals surface area contributed by atoms with Crippen LogP contribution >= 0.6 is 0 Å². The van der Waals surface area contributed by atoms with Crippen LogP contribution in [0.4, 0.5) is 4.79 Å². The third-order valence-corrected chi connectivity index (χ3v) is 4.71. The van der Waals surface area contributed by atoms with Crippen molar-refractivity contribution in [1.29, 1.82) is 0 Å². The Hall–Kier alpha value is -2.30. The normalized spacial score (nSPS) is 16.2. The van der Waals surface area contributed by atoms with Crippen molar-refractivity contribution in [3.8, 4) is 0 Å². The number of piperidine rings is 1. The molecule has 0 atom stereocenters. The van der Waals surface area contributed by atoms with Crippen molar-refractivity contribution in [1.82, 2.24) is 9.88 Å². The number of ether oxygens (including phenoxy) is 1. The predicted molar refractivity (Wildman–Crippen MR) is 99.1 cm³/mol. The van der Waals surface area contributed by atoms with Gasteiger partial charge in [0, 0.05) is 30.1 Å². The van der Waals surface area contributed by atoms with Gasteiger partial charge >= 0.3 is 6.09 Å². The zero-order chi connectivity index (χ0) is 18.2. The largest absolute Gasteiger partial charge is 0.444 e. The van der Waals surface area contributed by atoms with E-state index in [1.54, 1.807) is 4.90 Å². The van der Waals surface area contributed by atoms with Gasteiger partial charge in [-0.15, -0.1) is 0 Å². The fourth-order valence-electron chi connectivity index (χ4n) is 3.38. The van der Waals surface area contributed by atoms with E-state index in [9.17, 15) is 9.59 Å². The quantitative estimate of drug-likeness (QED) is 0.853. The lowest BCUT2D eigenvalue weighted by Gasteiger charge is -2.33. The number of rotatable bonds is 1. The number of nitrogens with zero attached hydrogens (tertiary/aromatic N) is 1. The van der Waals surface area contributed by atoms with Gasteiger partial charge in [-0.25, -0.2) is 4.79 Å². The summed E-state index contributed by atoms with van der Waals surface area (Å²) < 4.78 is 5.44. The van der Waals surface area contributed by atoms with Crippen LogP contribution in [0.1, 0.15) is 50.8 Å². The summed E-state index contributed by atoms with van der Waals surface area (Å²) in [5, 5.41) is 1.74. The molecule has 1 aromatic carbocycles. The van der Waals surface area contributed by atoms with Gasteiger partial charge in [-0.3, -0.25) is 4.79 Å². The highest BCUT2D eigenvalue weighted by Gasteiger charge is 2.28. The lowest BCUT2D eigenvalue weighted by Crippen LogP contribution is -2.41. The average Bonchev–Trinajstić information content (AvgIpc) is 2.54. The van der Waals surface area contributed by atoms with Crippen molar-refractivity contribution in [3.05, 3.63) is 45.9 Å². The Morgan fingerprint density at radius 1 is 1.20 bits per heavy atom. The molecule has 1 fully saturated rings. The lowest BCUT2D eigenvalue weighted by molar-refractivity contribution is 0.0204. The van der Waals surface area contributed by atoms with Crippen LogP contribution < -0.4 is 5.56 Å². The van der Waals surface area contributed by atoms with E-state index in [0.717, 1.165) is 34.9 Å². The number of fused-ring (bicyclic) bond motifs is 1. The van der Waals surface area contributed by atoms with Gasteiger partial charge in [0.1, 0.15) is 5.60 Å². The standard InChI is InChI=1S/C20H26N2O3/c1-13-6-5-7-15-16(13)12-17(21-18(15)23)14-8-10-22(11-9-14)19(24)25-20(2,3)4/h5-7,12,14H,8-11H2,1-4H3,(H,21,23). The van der Waals surface area contributed by atoms with Crippen LogP contribution in [0.25, 0.3) is 10.8 Å². The predicted octanol–water partition coefficient (Wildman–Crippen LogP) is 3.95. The van der Waals surface area contributed by atoms with Crippen molar-refractivity contribution >= 4 is 16.9 Å². The first kappa shape index (κ1) is 17.5. The minimum Gasteiger partial charge on any atom is -0.444 e. The van der Waals surface area contributed by atoms with Crippen molar-refractivity contribution < 1.29 is 9.53 Å². The fourth-order valence-corrected chi connectivity index (χ4v) is 3.38. The van der Waals surface area contributed by atoms with E-state index in [0.29, 0.717) is 13.1 Å². The number of likely N-dealkylation sites (tertiary alicyclic amines) is 1. The zero-order valence-corrected chi connectivity index (χ0v) is 15.4. The maximum atomic E-state index is 12.4. The van der Waals surface area contributed by atoms with Gasteiger partial charge in [0.05, 0.1) is 0 Å². The molecule has 2 aromatic rings. The molecule has 0 bridgehead atoms. The van der Waals surface area contributed by atoms with E-state index >= 15 is 0 Å². The summed E-state index contributed by atoms with van der Waals surface area (Å²) in [5.74, 6) is 0.260. The number of benzene rings is 1. The van der Waals surface area contributed by atoms with E-state index in [-0.39, 0.29) is 17.6 Å². The van der Waals surface area contributed by atoms with Crippen LogP contribution in [0.3, 0.4) is 0 Å². The Bertz CT molecular complexity index is 840. The number of aryl methyl sites for hydroxylation is 1. The molecule has 0 unspecified atom stereocenters. The molecule has 0 radical (unpaired) electrons. The van der Waals surface area contributed by atoms with Gasteiger partial charge < -0.3 is 14.6 Å². The van der Waals surface area contributed by atoms with Crippen LogP contribution in [0.15, 0.2) is 29.1 Å². The molecule has 1 aliphatic heterocycles. The molecule has 2 heterocycles. The van der Waals surface area contributed by atoms with Crippen LogP contribution in [-0.4, -0.2) is 34.7 Å². The fraction of sp³-hybridized carbons (Fsp3) is 0.500. The average molecular weight is 342 g/mol. The summed E-state index contributed by atoms with van der Waals surface area (Å²) in [7, 11) is 0. The lowest BCUT2D eigenvalue weighted by atomic mass is 9.92. The molecule has 134 valence electrons. The van der Waals surface area contributed by atoms with Gasteiger partial charge in [0.15, 0.2) is 0 Å². The molecule has 1 aromatic heterocycles. The van der Waals surface area contributed by atoms with Gasteiger partial charge in [0.2, 0.25) is 0 Å². The number of carbonyl (C=O) groups excluding carboxylic acids is 1. The summed E-state index contributed by atoms with van der Waals surface area (Å²) in [6.45, 7) is 8.94. The van der Waals surface area contributed by atoms with Gasteiger partial charge in [-0.05, 0) is 63.6 Å². The number of pyridine rings is 1. The number of hydrogen-bond donors (Lipinski definition) is 1. The Labute approximate surface area is 148 Å². The van der Waals surface area contributed by atoms with Crippen molar-refractivity contribution in [2.75, 3.05) is 13.1 Å². The highest BCUT2D eigenvalue weighted by atomic mass is 16.6. The molecule has 5 heteroatoms. The third-order valence-electron chi connectivity index (χ3n) is 4.71. The first-order valence-corrected chi connectivity index (χ1v) is 8.85. The molecule has 3 rings (SSSR count). The second-order valence-electron chi connectivity index (χ2n) is 7.83. The molecular weight excluding hydrogens is 316 g/mol. The van der Waals surface area contributed by atoms with Gasteiger partial charge in [0.25, 0.3) is 5.56 Å². The maximum Gasteiger partial charge on any atom is 0.410 e. The molecule has 1 aliphatic rings. The van der Waals surface area contributed by atoms with Crippen LogP contribution in [0.5, 0.6) is 0 Å². The third kappa shape index (κ3) is 3.86. The summed E-state index contributed by atoms with van der Waals surface area (Å²) in [4.78, 5) is 29.4. The van der Waals surface area contributed by atoms with E-state index < -0.39 is 5.60 Å². The summed E-state index contributed by atoms with van der Waals surface area (Å²) in [5.41, 5.74) is 1.56. The number of carbonyl (C=O) groups is 1. The summed E-state index contributed by atoms with van der Waals surface area (Å²) in [6.07, 6.45) is 1.40. The maximum absolute atomic E-state index is 12.4. The molecule has 0 aliphatic carbocycles. The first-order valence-electron chi connectivity index (χ1n) is 8.85. The highest BCUT2D eigenvalue weighted by Crippen LogP contribution is 2.29. The SMILES string of the molecule is Cc1cccc2c(=O)[nH]c(C3CCN(C(=O)OC(C)(C)C)CC3)cc12. The number of aromatic amines is 1. The molecule has 1 N–H and O–H groups in total. The molecular formula is C20H26N2O3. The number of hydrogen-bond acceptors (Lipinski definition) is 3. The van der Waals surface area contributed by atoms with Crippen LogP contribution in [0.2, 0.25) is 0 Å². The summed E-state index contributed by atoms with van der Waals surface area (Å²) >= 11 is 0. The minimum absolute atomic E-state index is 0.0363. The van der Waals surface area contributed by atoms with Crippen molar-refractivity contribution in [3.63, 3.8) is 0 Å². The van der Waals surface area contributed by atoms with E-state index in [1.807, 2.05) is 45.9 Å². The monoisotopic (exact) mass is 342 g/mol. The molecule has 1 amide bonds. The van der Waals surface area contributed by atoms with Gasteiger partial charge in [-0.1, -0.05) is 12.1 Å². The molecule has 25 heavy (non-hydrogen) atoms. The number of aromatic nitrogens is 1. The summed E-state index contributed by atoms with van der Waals surface area (Å²) in [6, 6.07) is 7.89. The Morgan fingerprint density at radius 2 is 1.88 bits per heavy atom. The Kier molecular flexibility index (Phi) is 4.58. The first-order chi connectivity index (χ1) is 11.7. The number of nitrogens with one attached hydrogen (secondary N) is 1. The van der Waals surface area contributed by atoms with E-state index in [2.05, 4.69) is 11.1 Å². The second-order valence-corrected chi connectivity index (χ2v) is 7.83. The van der Waals surface area contributed by atoms with Crippen molar-refractivity contribution in [2.45, 2.75) is 52.1 Å². The van der Waals surface area contributed by atoms with E-state index in [4.69, 9.17) is 4.74 Å². The van der Waals surface area contributed by atoms with E-state index in [1.165, 1.54) is 0 Å². The number of amides is 1. The Morgan fingerprint density at radius 3 is 2.52 bits per heavy atom. The highest BCUT2D eigenvalue weighted by molar-refractivity contribution is 5.85. The molecule has 5 nitrogen and oxygen atoms in total. The molecule has 0 saturated carbocycles. The Balaban J connectivity index is 1.75. The van der Waals surface area contributed by atoms with Crippen LogP contribution in [-0.2, 0) is 4.74 Å². The van der Waals surface area contributed by atoms with Crippen molar-refractivity contribution in [2.24, 2.45) is 0 Å². The molecule has 1 saturated heterocycles. The number of H-pyrrole nitrogens is 1. The minimum atomic E-state index is -0.477. The topological polar surface area (TPSA) is 62.4 Å². The van der Waals surface area contributed by atoms with Gasteiger partial charge in [-0.2, -0.15) is 0 Å².